The molecule has 0 aliphatic heterocycles. The summed E-state index contributed by atoms with van der Waals surface area (Å²) in [7, 11) is 1.52. The number of benzene rings is 1. The Morgan fingerprint density at radius 3 is 2.57 bits per heavy atom. The molecule has 21 heavy (non-hydrogen) atoms. The summed E-state index contributed by atoms with van der Waals surface area (Å²) in [4.78, 5) is 22.6. The van der Waals surface area contributed by atoms with E-state index in [1.165, 1.54) is 21.0 Å². The molecule has 0 saturated heterocycles. The molecule has 0 saturated carbocycles. The van der Waals surface area contributed by atoms with Crippen LogP contribution in [0.1, 0.15) is 19.4 Å². The van der Waals surface area contributed by atoms with Crippen LogP contribution in [0.2, 0.25) is 5.02 Å². The zero-order chi connectivity index (χ0) is 16.0. The Kier molecular flexibility index (Phi) is 5.84. The number of aliphatic carboxylic acids is 1. The van der Waals surface area contributed by atoms with Crippen molar-refractivity contribution in [2.75, 3.05) is 13.7 Å². The van der Waals surface area contributed by atoms with Gasteiger partial charge in [-0.15, -0.1) is 0 Å². The zero-order valence-electron chi connectivity index (χ0n) is 12.2. The van der Waals surface area contributed by atoms with Crippen molar-refractivity contribution in [1.29, 1.82) is 0 Å². The van der Waals surface area contributed by atoms with Gasteiger partial charge in [0.25, 0.3) is 0 Å². The van der Waals surface area contributed by atoms with E-state index in [9.17, 15) is 9.59 Å². The highest BCUT2D eigenvalue weighted by atomic mass is 35.5. The van der Waals surface area contributed by atoms with Crippen LogP contribution in [-0.4, -0.2) is 30.8 Å². The maximum atomic E-state index is 11.7. The summed E-state index contributed by atoms with van der Waals surface area (Å²) in [6.07, 6.45) is 0. The lowest BCUT2D eigenvalue weighted by molar-refractivity contribution is -0.146. The second-order valence-corrected chi connectivity index (χ2v) is 5.55. The number of hydrogen-bond acceptors (Lipinski definition) is 3. The average molecular weight is 315 g/mol. The van der Waals surface area contributed by atoms with Gasteiger partial charge < -0.3 is 20.5 Å². The third kappa shape index (κ3) is 4.82. The number of amides is 2. The van der Waals surface area contributed by atoms with Crippen LogP contribution in [0.25, 0.3) is 0 Å². The number of carboxylic acids is 1. The van der Waals surface area contributed by atoms with Gasteiger partial charge in [0.2, 0.25) is 0 Å². The molecule has 3 N–H and O–H groups in total. The zero-order valence-corrected chi connectivity index (χ0v) is 13.0. The fourth-order valence-electron chi connectivity index (χ4n) is 1.51. The number of nitrogens with one attached hydrogen (secondary N) is 2. The first-order valence-electron chi connectivity index (χ1n) is 6.34. The van der Waals surface area contributed by atoms with E-state index in [-0.39, 0.29) is 13.1 Å². The van der Waals surface area contributed by atoms with E-state index >= 15 is 0 Å². The minimum atomic E-state index is -1.03. The number of carboxylic acid groups (broad SMARTS) is 1. The lowest BCUT2D eigenvalue weighted by Crippen LogP contribution is -2.43. The first kappa shape index (κ1) is 17.1. The third-order valence-electron chi connectivity index (χ3n) is 2.99. The second-order valence-electron chi connectivity index (χ2n) is 5.15. The van der Waals surface area contributed by atoms with E-state index in [4.69, 9.17) is 21.4 Å². The van der Waals surface area contributed by atoms with Crippen molar-refractivity contribution >= 4 is 23.6 Å². The normalized spacial score (nSPS) is 10.9. The summed E-state index contributed by atoms with van der Waals surface area (Å²) in [5.74, 6) is -0.399. The SMILES string of the molecule is COc1cccc(Cl)c1CNC(=O)NCC(C)(C)C(=O)O. The van der Waals surface area contributed by atoms with Crippen LogP contribution in [0.4, 0.5) is 4.79 Å². The largest absolute Gasteiger partial charge is 0.496 e. The summed E-state index contributed by atoms with van der Waals surface area (Å²) >= 11 is 6.05. The molecule has 0 radical (unpaired) electrons. The van der Waals surface area contributed by atoms with Gasteiger partial charge in [-0.3, -0.25) is 4.79 Å². The highest BCUT2D eigenvalue weighted by Gasteiger charge is 2.27. The fraction of sp³-hybridized carbons (Fsp3) is 0.429. The molecule has 7 heteroatoms. The molecule has 0 heterocycles. The van der Waals surface area contributed by atoms with Crippen molar-refractivity contribution in [3.8, 4) is 5.75 Å². The van der Waals surface area contributed by atoms with E-state index in [1.54, 1.807) is 18.2 Å². The number of ether oxygens (including phenoxy) is 1. The molecule has 0 spiro atoms. The van der Waals surface area contributed by atoms with Gasteiger partial charge in [-0.25, -0.2) is 4.79 Å². The highest BCUT2D eigenvalue weighted by Crippen LogP contribution is 2.25. The van der Waals surface area contributed by atoms with Gasteiger partial charge in [-0.2, -0.15) is 0 Å². The van der Waals surface area contributed by atoms with Gasteiger partial charge in [0.1, 0.15) is 5.75 Å². The van der Waals surface area contributed by atoms with Crippen molar-refractivity contribution in [3.63, 3.8) is 0 Å². The maximum Gasteiger partial charge on any atom is 0.315 e. The van der Waals surface area contributed by atoms with Gasteiger partial charge in [0, 0.05) is 23.7 Å². The number of methoxy groups -OCH3 is 1. The van der Waals surface area contributed by atoms with Gasteiger partial charge in [0.05, 0.1) is 12.5 Å². The van der Waals surface area contributed by atoms with Gasteiger partial charge in [0.15, 0.2) is 0 Å². The fourth-order valence-corrected chi connectivity index (χ4v) is 1.74. The number of carbonyl (C=O) groups is 2. The number of urea groups is 1. The van der Waals surface area contributed by atoms with Crippen LogP contribution in [0.15, 0.2) is 18.2 Å². The molecular formula is C14H19ClN2O4. The van der Waals surface area contributed by atoms with Crippen LogP contribution in [0, 0.1) is 5.41 Å². The van der Waals surface area contributed by atoms with Crippen molar-refractivity contribution in [2.24, 2.45) is 5.41 Å². The monoisotopic (exact) mass is 314 g/mol. The van der Waals surface area contributed by atoms with Crippen molar-refractivity contribution < 1.29 is 19.4 Å². The van der Waals surface area contributed by atoms with E-state index in [0.717, 1.165) is 0 Å². The molecule has 6 nitrogen and oxygen atoms in total. The lowest BCUT2D eigenvalue weighted by atomic mass is 9.94. The number of rotatable bonds is 6. The second kappa shape index (κ2) is 7.17. The average Bonchev–Trinajstić information content (AvgIpc) is 2.43. The third-order valence-corrected chi connectivity index (χ3v) is 3.35. The molecule has 116 valence electrons. The minimum Gasteiger partial charge on any atom is -0.496 e. The minimum absolute atomic E-state index is 0.0217. The molecule has 0 atom stereocenters. The maximum absolute atomic E-state index is 11.7. The summed E-state index contributed by atoms with van der Waals surface area (Å²) in [6, 6.07) is 4.73. The number of halogens is 1. The summed E-state index contributed by atoms with van der Waals surface area (Å²) < 4.78 is 5.17. The topological polar surface area (TPSA) is 87.7 Å². The highest BCUT2D eigenvalue weighted by molar-refractivity contribution is 6.31. The number of carbonyl (C=O) groups excluding carboxylic acids is 1. The summed E-state index contributed by atoms with van der Waals surface area (Å²) in [5, 5.41) is 14.6. The van der Waals surface area contributed by atoms with E-state index in [2.05, 4.69) is 10.6 Å². The molecule has 1 aromatic carbocycles. The van der Waals surface area contributed by atoms with Crippen molar-refractivity contribution in [3.05, 3.63) is 28.8 Å². The van der Waals surface area contributed by atoms with Gasteiger partial charge >= 0.3 is 12.0 Å². The Morgan fingerprint density at radius 2 is 2.00 bits per heavy atom. The molecule has 2 amide bonds. The molecule has 0 aliphatic rings. The molecule has 0 aliphatic carbocycles. The van der Waals surface area contributed by atoms with E-state index < -0.39 is 17.4 Å². The Labute approximate surface area is 128 Å². The molecule has 1 aromatic rings. The predicted molar refractivity (Wildman–Crippen MR) is 79.7 cm³/mol. The van der Waals surface area contributed by atoms with Crippen LogP contribution >= 0.6 is 11.6 Å². The van der Waals surface area contributed by atoms with E-state index in [0.29, 0.717) is 16.3 Å². The molecule has 1 rings (SSSR count). The number of hydrogen-bond donors (Lipinski definition) is 3. The van der Waals surface area contributed by atoms with Gasteiger partial charge in [-0.1, -0.05) is 17.7 Å². The molecule has 0 unspecified atom stereocenters. The van der Waals surface area contributed by atoms with Gasteiger partial charge in [-0.05, 0) is 26.0 Å². The Bertz CT molecular complexity index is 532. The van der Waals surface area contributed by atoms with Crippen LogP contribution in [0.3, 0.4) is 0 Å². The smallest absolute Gasteiger partial charge is 0.315 e. The molecule has 0 aromatic heterocycles. The van der Waals surface area contributed by atoms with Crippen LogP contribution < -0.4 is 15.4 Å². The first-order chi connectivity index (χ1) is 9.77. The molecule has 0 bridgehead atoms. The lowest BCUT2D eigenvalue weighted by Gasteiger charge is -2.19. The van der Waals surface area contributed by atoms with Crippen molar-refractivity contribution in [2.45, 2.75) is 20.4 Å². The standard InChI is InChI=1S/C14H19ClN2O4/c1-14(2,12(18)19)8-17-13(20)16-7-9-10(15)5-4-6-11(9)21-3/h4-6H,7-8H2,1-3H3,(H,18,19)(H2,16,17,20). The van der Waals surface area contributed by atoms with Crippen molar-refractivity contribution in [1.82, 2.24) is 10.6 Å². The Morgan fingerprint density at radius 1 is 1.33 bits per heavy atom. The Balaban J connectivity index is 2.57. The van der Waals surface area contributed by atoms with E-state index in [1.807, 2.05) is 0 Å². The first-order valence-corrected chi connectivity index (χ1v) is 6.72. The quantitative estimate of drug-likeness (QED) is 0.751. The summed E-state index contributed by atoms with van der Waals surface area (Å²) in [6.45, 7) is 3.27. The predicted octanol–water partition coefficient (Wildman–Crippen LogP) is 2.26. The Hall–Kier alpha value is -1.95. The van der Waals surface area contributed by atoms with Crippen LogP contribution in [0.5, 0.6) is 5.75 Å². The van der Waals surface area contributed by atoms with Crippen LogP contribution in [-0.2, 0) is 11.3 Å². The summed E-state index contributed by atoms with van der Waals surface area (Å²) in [5.41, 5.74) is -0.367. The molecular weight excluding hydrogens is 296 g/mol. The molecule has 0 fully saturated rings.